The first-order chi connectivity index (χ1) is 53.3. The first kappa shape index (κ1) is 83.1. The van der Waals surface area contributed by atoms with E-state index in [1.54, 1.807) is 0 Å². The fourth-order valence-electron chi connectivity index (χ4n) is 10.8. The molecule has 23 heteroatoms. The number of hydrogen-bond acceptors (Lipinski definition) is 23. The Balaban J connectivity index is 0.000000314. The molecule has 0 saturated heterocycles. The Labute approximate surface area is 633 Å². The van der Waals surface area contributed by atoms with Gasteiger partial charge in [-0.15, -0.1) is 0 Å². The van der Waals surface area contributed by atoms with Gasteiger partial charge in [-0.05, 0) is 177 Å². The van der Waals surface area contributed by atoms with Crippen molar-refractivity contribution in [2.45, 2.75) is 38.5 Å². The van der Waals surface area contributed by atoms with E-state index in [2.05, 4.69) is 29.0 Å². The summed E-state index contributed by atoms with van der Waals surface area (Å²) in [5.74, 6) is 3.65. The molecule has 0 bridgehead atoms. The summed E-state index contributed by atoms with van der Waals surface area (Å²) in [5, 5.41) is 63.7. The largest absolute Gasteiger partial charge is 0.491 e. The number of rotatable bonds is 43. The summed E-state index contributed by atoms with van der Waals surface area (Å²) in [6.07, 6.45) is 8.17. The molecule has 0 spiro atoms. The molecule has 0 fully saturated rings. The molecular weight excluding hydrogens is 1400 g/mol. The first-order valence-electron chi connectivity index (χ1n) is 35.6. The molecule has 574 valence electrons. The van der Waals surface area contributed by atoms with Crippen LogP contribution in [-0.2, 0) is 71.9 Å². The van der Waals surface area contributed by atoms with Gasteiger partial charge in [-0.3, -0.25) is 0 Å². The number of aliphatic hydroxyl groups is 7. The van der Waals surface area contributed by atoms with Gasteiger partial charge in [0.15, 0.2) is 0 Å². The van der Waals surface area contributed by atoms with E-state index in [0.717, 1.165) is 115 Å². The average Bonchev–Trinajstić information content (AvgIpc) is 1.21. The highest BCUT2D eigenvalue weighted by Crippen LogP contribution is 2.31. The molecule has 7 N–H and O–H groups in total. The summed E-state index contributed by atoms with van der Waals surface area (Å²) in [6.45, 7) is 1.45. The van der Waals surface area contributed by atoms with Crippen LogP contribution in [-0.4, -0.2) is 179 Å². The molecule has 0 saturated carbocycles. The third-order valence-electron chi connectivity index (χ3n) is 15.9. The van der Waals surface area contributed by atoms with Crippen LogP contribution in [0.3, 0.4) is 0 Å². The number of cyclic esters (lactones) is 2. The van der Waals surface area contributed by atoms with Crippen LogP contribution in [0.2, 0.25) is 0 Å². The number of benzene rings is 9. The van der Waals surface area contributed by atoms with Gasteiger partial charge in [0.05, 0.1) is 46.2 Å². The highest BCUT2D eigenvalue weighted by molar-refractivity contribution is 6.05. The van der Waals surface area contributed by atoms with Gasteiger partial charge >= 0.3 is 23.9 Å². The molecule has 9 aromatic rings. The van der Waals surface area contributed by atoms with Crippen LogP contribution in [0.5, 0.6) is 51.7 Å². The van der Waals surface area contributed by atoms with E-state index < -0.39 is 23.9 Å². The van der Waals surface area contributed by atoms with Gasteiger partial charge in [0.2, 0.25) is 0 Å². The van der Waals surface area contributed by atoms with Crippen molar-refractivity contribution in [3.05, 3.63) is 291 Å². The fourth-order valence-corrected chi connectivity index (χ4v) is 10.8. The summed E-state index contributed by atoms with van der Waals surface area (Å²) in [7, 11) is 0. The fraction of sp³-hybridized carbons (Fsp3) is 0.279. The zero-order valence-corrected chi connectivity index (χ0v) is 60.5. The standard InChI is InChI=1S/C56H60O14.C26H30O6.C4H2O3/c57-23-27-63-49-13-3-41(4-14-49)35-45-1-12-48(54(39-45)68-30-26-60)38-44-9-19-52(20-10-44)66-32-34-70-56(62)22-21-55(61)69-33-31-65-51-15-5-42(6-16-51)36-46-2-11-47(53(40-46)67-29-25-59)37-43-7-17-50(18-8-43)64-28-24-58;27-11-14-30-24-7-2-20(3-8-24)17-22-1-6-23(26(19-22)32-16-13-29)18-21-4-9-25(10-5-21)31-15-12-28;5-3-1-2-4(6)7-3/h1-22,39-40,57-60H,23-38H2;1-10,19,27-29H,11-18H2;1-2H/b22-21-;;. The van der Waals surface area contributed by atoms with Crippen LogP contribution < -0.4 is 42.6 Å². The lowest BCUT2D eigenvalue weighted by Crippen LogP contribution is -2.12. The predicted octanol–water partition coefficient (Wildman–Crippen LogP) is 9.24. The van der Waals surface area contributed by atoms with Crippen molar-refractivity contribution < 1.29 is 112 Å². The molecule has 0 aromatic heterocycles. The second-order valence-electron chi connectivity index (χ2n) is 24.2. The molecule has 1 heterocycles. The number of esters is 4. The normalized spacial score (nSPS) is 11.3. The Morgan fingerprint density at radius 3 is 0.688 bits per heavy atom. The number of hydrogen-bond donors (Lipinski definition) is 7. The summed E-state index contributed by atoms with van der Waals surface area (Å²) in [4.78, 5) is 44.2. The zero-order valence-electron chi connectivity index (χ0n) is 60.5. The van der Waals surface area contributed by atoms with Gasteiger partial charge in [0.25, 0.3) is 0 Å². The maximum absolute atomic E-state index is 12.2. The summed E-state index contributed by atoms with van der Waals surface area (Å²) in [6, 6.07) is 64.5. The van der Waals surface area contributed by atoms with E-state index in [0.29, 0.717) is 66.6 Å². The molecule has 0 radical (unpaired) electrons. The maximum atomic E-state index is 12.2. The Hall–Kier alpha value is -11.5. The van der Waals surface area contributed by atoms with Gasteiger partial charge in [-0.2, -0.15) is 0 Å². The van der Waals surface area contributed by atoms with Crippen molar-refractivity contribution in [3.63, 3.8) is 0 Å². The molecule has 0 atom stereocenters. The zero-order chi connectivity index (χ0) is 77.1. The van der Waals surface area contributed by atoms with Crippen molar-refractivity contribution >= 4 is 23.9 Å². The van der Waals surface area contributed by atoms with E-state index >= 15 is 0 Å². The lowest BCUT2D eigenvalue weighted by molar-refractivity contribution is -0.150. The van der Waals surface area contributed by atoms with Crippen LogP contribution >= 0.6 is 0 Å². The second kappa shape index (κ2) is 47.2. The van der Waals surface area contributed by atoms with Crippen molar-refractivity contribution in [1.82, 2.24) is 0 Å². The van der Waals surface area contributed by atoms with Gasteiger partial charge in [-0.25, -0.2) is 19.2 Å². The minimum absolute atomic E-state index is 0.00759. The molecule has 0 aliphatic carbocycles. The van der Waals surface area contributed by atoms with Gasteiger partial charge in [0, 0.05) is 43.6 Å². The van der Waals surface area contributed by atoms with E-state index in [4.69, 9.17) is 72.5 Å². The third-order valence-corrected chi connectivity index (χ3v) is 15.9. The second-order valence-corrected chi connectivity index (χ2v) is 24.2. The van der Waals surface area contributed by atoms with Crippen LogP contribution in [0, 0.1) is 0 Å². The number of carbonyl (C=O) groups is 4. The van der Waals surface area contributed by atoms with Gasteiger partial charge < -0.3 is 92.6 Å². The Morgan fingerprint density at radius 2 is 0.468 bits per heavy atom. The van der Waals surface area contributed by atoms with E-state index in [9.17, 15) is 34.5 Å². The molecule has 1 aliphatic heterocycles. The van der Waals surface area contributed by atoms with E-state index in [1.807, 2.05) is 176 Å². The molecule has 0 amide bonds. The molecule has 10 rings (SSSR count). The van der Waals surface area contributed by atoms with Crippen LogP contribution in [0.4, 0.5) is 0 Å². The molecule has 1 aliphatic rings. The minimum Gasteiger partial charge on any atom is -0.491 e. The Kier molecular flexibility index (Phi) is 36.0. The van der Waals surface area contributed by atoms with E-state index in [-0.39, 0.29) is 119 Å². The van der Waals surface area contributed by atoms with Crippen molar-refractivity contribution in [1.29, 1.82) is 0 Å². The van der Waals surface area contributed by atoms with Crippen molar-refractivity contribution in [3.8, 4) is 51.7 Å². The third kappa shape index (κ3) is 30.7. The van der Waals surface area contributed by atoms with Gasteiger partial charge in [-0.1, -0.05) is 109 Å². The summed E-state index contributed by atoms with van der Waals surface area (Å²) >= 11 is 0. The van der Waals surface area contributed by atoms with Crippen molar-refractivity contribution in [2.75, 3.05) is 119 Å². The molecule has 0 unspecified atom stereocenters. The first-order valence-corrected chi connectivity index (χ1v) is 35.6. The number of carbonyl (C=O) groups excluding carboxylic acids is 4. The molecule has 109 heavy (non-hydrogen) atoms. The van der Waals surface area contributed by atoms with Crippen molar-refractivity contribution in [2.24, 2.45) is 0 Å². The van der Waals surface area contributed by atoms with E-state index in [1.165, 1.54) is 0 Å². The number of ether oxygens (including phenoxy) is 12. The van der Waals surface area contributed by atoms with Crippen LogP contribution in [0.1, 0.15) is 66.8 Å². The SMILES string of the molecule is O=C(/C=C\C(=O)OCCOc1ccc(Cc2ccc(Cc3ccc(OCCO)cc3)cc2OCCO)cc1)OCCOc1ccc(Cc2ccc(Cc3ccc(OCCO)cc3)c(OCCO)c2)cc1.O=C1C=CC(=O)O1.OCCOc1ccc(Cc2ccc(Cc3ccc(OCCO)cc3)c(OCCO)c2)cc1. The quantitative estimate of drug-likeness (QED) is 0.00615. The van der Waals surface area contributed by atoms with Gasteiger partial charge in [0.1, 0.15) is 124 Å². The average molecular weight is 1490 g/mol. The lowest BCUT2D eigenvalue weighted by atomic mass is 9.99. The highest BCUT2D eigenvalue weighted by Gasteiger charge is 2.15. The minimum atomic E-state index is -0.711. The highest BCUT2D eigenvalue weighted by atomic mass is 16.6. The van der Waals surface area contributed by atoms with Crippen LogP contribution in [0.15, 0.2) is 224 Å². The monoisotopic (exact) mass is 1490 g/mol. The lowest BCUT2D eigenvalue weighted by Gasteiger charge is -2.14. The summed E-state index contributed by atoms with van der Waals surface area (Å²) in [5.41, 5.74) is 12.7. The topological polar surface area (TPSA) is 321 Å². The molecular formula is C86H92O23. The molecule has 9 aromatic carbocycles. The molecule has 23 nitrogen and oxygen atoms in total. The Bertz CT molecular complexity index is 4240. The van der Waals surface area contributed by atoms with Crippen LogP contribution in [0.25, 0.3) is 0 Å². The smallest absolute Gasteiger partial charge is 0.338 e. The predicted molar refractivity (Wildman–Crippen MR) is 405 cm³/mol. The maximum Gasteiger partial charge on any atom is 0.338 e. The summed E-state index contributed by atoms with van der Waals surface area (Å²) < 4.78 is 65.2. The number of aliphatic hydroxyl groups excluding tert-OH is 7. The Morgan fingerprint density at radius 1 is 0.257 bits per heavy atom.